The first kappa shape index (κ1) is 15.7. The highest BCUT2D eigenvalue weighted by Gasteiger charge is 2.21. The van der Waals surface area contributed by atoms with Gasteiger partial charge >= 0.3 is 0 Å². The van der Waals surface area contributed by atoms with Crippen LogP contribution in [0.2, 0.25) is 5.02 Å². The first-order valence-electron chi connectivity index (χ1n) is 5.67. The lowest BCUT2D eigenvalue weighted by molar-refractivity contribution is 0.283. The van der Waals surface area contributed by atoms with Crippen LogP contribution in [0.25, 0.3) is 0 Å². The van der Waals surface area contributed by atoms with Crippen LogP contribution in [0.3, 0.4) is 0 Å². The van der Waals surface area contributed by atoms with Gasteiger partial charge in [0, 0.05) is 5.02 Å². The molecule has 0 aliphatic rings. The Morgan fingerprint density at radius 1 is 1.05 bits per heavy atom. The third-order valence-corrected chi connectivity index (χ3v) is 3.81. The van der Waals surface area contributed by atoms with Crippen LogP contribution in [0.4, 0.5) is 8.78 Å². The Kier molecular flexibility index (Phi) is 4.46. The van der Waals surface area contributed by atoms with Gasteiger partial charge in [-0.05, 0) is 29.8 Å². The summed E-state index contributed by atoms with van der Waals surface area (Å²) >= 11 is 5.72. The van der Waals surface area contributed by atoms with Crippen molar-refractivity contribution in [2.75, 3.05) is 0 Å². The number of hydrogen-bond donors (Lipinski definition) is 1. The highest BCUT2D eigenvalue weighted by Crippen LogP contribution is 2.25. The summed E-state index contributed by atoms with van der Waals surface area (Å²) in [6.45, 7) is -0.0255. The van der Waals surface area contributed by atoms with Gasteiger partial charge in [0.05, 0.1) is 0 Å². The molecule has 0 aliphatic carbocycles. The van der Waals surface area contributed by atoms with Crippen molar-refractivity contribution < 1.29 is 21.9 Å². The van der Waals surface area contributed by atoms with Crippen molar-refractivity contribution >= 4 is 21.6 Å². The van der Waals surface area contributed by atoms with Gasteiger partial charge in [-0.25, -0.2) is 17.9 Å². The third-order valence-electron chi connectivity index (χ3n) is 2.63. The molecule has 0 fully saturated rings. The van der Waals surface area contributed by atoms with Gasteiger partial charge in [0.2, 0.25) is 15.8 Å². The highest BCUT2D eigenvalue weighted by atomic mass is 35.5. The maximum absolute atomic E-state index is 13.7. The van der Waals surface area contributed by atoms with E-state index >= 15 is 0 Å². The Hall–Kier alpha value is -1.70. The van der Waals surface area contributed by atoms with E-state index in [4.69, 9.17) is 21.5 Å². The molecule has 0 atom stereocenters. The van der Waals surface area contributed by atoms with Gasteiger partial charge in [0.15, 0.2) is 11.6 Å². The van der Waals surface area contributed by atoms with E-state index in [1.165, 1.54) is 0 Å². The second-order valence-corrected chi connectivity index (χ2v) is 6.12. The van der Waals surface area contributed by atoms with Gasteiger partial charge in [-0.15, -0.1) is 0 Å². The Morgan fingerprint density at radius 3 is 2.24 bits per heavy atom. The summed E-state index contributed by atoms with van der Waals surface area (Å²) in [5.74, 6) is -3.38. The number of benzene rings is 2. The molecule has 2 rings (SSSR count). The SMILES string of the molecule is NS(=O)(=O)c1ccc(OCc2ccc(Cl)cc2)c(F)c1F. The molecular formula is C13H10ClF2NO3S. The summed E-state index contributed by atoms with van der Waals surface area (Å²) < 4.78 is 54.5. The predicted molar refractivity (Wildman–Crippen MR) is 73.5 cm³/mol. The summed E-state index contributed by atoms with van der Waals surface area (Å²) in [6, 6.07) is 8.44. The molecule has 2 aromatic rings. The second-order valence-electron chi connectivity index (χ2n) is 4.15. The summed E-state index contributed by atoms with van der Waals surface area (Å²) in [6.07, 6.45) is 0. The maximum Gasteiger partial charge on any atom is 0.241 e. The van der Waals surface area contributed by atoms with Crippen LogP contribution in [-0.2, 0) is 16.6 Å². The summed E-state index contributed by atoms with van der Waals surface area (Å²) in [5, 5.41) is 5.30. The standard InChI is InChI=1S/C13H10ClF2NO3S/c14-9-3-1-8(2-4-9)7-20-10-5-6-11(21(17,18)19)13(16)12(10)15/h1-6H,7H2,(H2,17,18,19). The average Bonchev–Trinajstić information content (AvgIpc) is 2.41. The van der Waals surface area contributed by atoms with Crippen molar-refractivity contribution in [2.45, 2.75) is 11.5 Å². The van der Waals surface area contributed by atoms with Crippen LogP contribution in [-0.4, -0.2) is 8.42 Å². The molecule has 0 aliphatic heterocycles. The molecule has 0 saturated heterocycles. The van der Waals surface area contributed by atoms with Crippen molar-refractivity contribution in [3.8, 4) is 5.75 Å². The minimum Gasteiger partial charge on any atom is -0.486 e. The first-order valence-corrected chi connectivity index (χ1v) is 7.59. The lowest BCUT2D eigenvalue weighted by Crippen LogP contribution is -2.15. The molecule has 8 heteroatoms. The largest absolute Gasteiger partial charge is 0.486 e. The van der Waals surface area contributed by atoms with Gasteiger partial charge in [0.25, 0.3) is 0 Å². The van der Waals surface area contributed by atoms with Gasteiger partial charge in [0.1, 0.15) is 11.5 Å². The lowest BCUT2D eigenvalue weighted by Gasteiger charge is -2.09. The van der Waals surface area contributed by atoms with Crippen LogP contribution in [0.15, 0.2) is 41.3 Å². The molecule has 112 valence electrons. The van der Waals surface area contributed by atoms with Crippen LogP contribution >= 0.6 is 11.6 Å². The zero-order chi connectivity index (χ0) is 15.6. The number of primary sulfonamides is 1. The van der Waals surface area contributed by atoms with E-state index in [2.05, 4.69) is 0 Å². The van der Waals surface area contributed by atoms with E-state index in [-0.39, 0.29) is 6.61 Å². The highest BCUT2D eigenvalue weighted by molar-refractivity contribution is 7.89. The molecule has 2 N–H and O–H groups in total. The minimum atomic E-state index is -4.33. The molecule has 2 aromatic carbocycles. The number of halogens is 3. The zero-order valence-electron chi connectivity index (χ0n) is 10.5. The smallest absolute Gasteiger partial charge is 0.241 e. The van der Waals surface area contributed by atoms with Crippen LogP contribution in [0, 0.1) is 11.6 Å². The van der Waals surface area contributed by atoms with E-state index in [0.29, 0.717) is 10.6 Å². The molecule has 0 bridgehead atoms. The Balaban J connectivity index is 2.22. The molecule has 0 heterocycles. The summed E-state index contributed by atoms with van der Waals surface area (Å²) in [7, 11) is -4.33. The summed E-state index contributed by atoms with van der Waals surface area (Å²) in [4.78, 5) is -0.918. The van der Waals surface area contributed by atoms with Crippen molar-refractivity contribution in [1.29, 1.82) is 0 Å². The Morgan fingerprint density at radius 2 is 1.67 bits per heavy atom. The Bertz CT molecular complexity index is 764. The van der Waals surface area contributed by atoms with Crippen molar-refractivity contribution in [1.82, 2.24) is 0 Å². The topological polar surface area (TPSA) is 69.4 Å². The lowest BCUT2D eigenvalue weighted by atomic mass is 10.2. The van der Waals surface area contributed by atoms with E-state index in [1.807, 2.05) is 0 Å². The van der Waals surface area contributed by atoms with Gasteiger partial charge in [-0.3, -0.25) is 0 Å². The second kappa shape index (κ2) is 5.97. The fraction of sp³-hybridized carbons (Fsp3) is 0.0769. The number of sulfonamides is 1. The number of nitrogens with two attached hydrogens (primary N) is 1. The number of ether oxygens (including phenoxy) is 1. The predicted octanol–water partition coefficient (Wildman–Crippen LogP) is 2.84. The number of hydrogen-bond acceptors (Lipinski definition) is 3. The zero-order valence-corrected chi connectivity index (χ0v) is 12.1. The monoisotopic (exact) mass is 333 g/mol. The molecule has 4 nitrogen and oxygen atoms in total. The van der Waals surface area contributed by atoms with Crippen LogP contribution in [0.5, 0.6) is 5.75 Å². The van der Waals surface area contributed by atoms with Crippen LogP contribution in [0.1, 0.15) is 5.56 Å². The van der Waals surface area contributed by atoms with E-state index in [9.17, 15) is 17.2 Å². The molecule has 0 saturated carbocycles. The summed E-state index contributed by atoms with van der Waals surface area (Å²) in [5.41, 5.74) is 0.690. The number of rotatable bonds is 4. The first-order chi connectivity index (χ1) is 9.79. The van der Waals surface area contributed by atoms with Gasteiger partial charge in [-0.2, -0.15) is 4.39 Å². The molecule has 0 radical (unpaired) electrons. The normalized spacial score (nSPS) is 11.4. The minimum absolute atomic E-state index is 0.0255. The van der Waals surface area contributed by atoms with E-state index < -0.39 is 32.3 Å². The van der Waals surface area contributed by atoms with Gasteiger partial charge in [-0.1, -0.05) is 23.7 Å². The third kappa shape index (κ3) is 3.69. The quantitative estimate of drug-likeness (QED) is 0.935. The molecule has 0 unspecified atom stereocenters. The fourth-order valence-electron chi connectivity index (χ4n) is 1.59. The molecule has 0 amide bonds. The van der Waals surface area contributed by atoms with Gasteiger partial charge < -0.3 is 4.74 Å². The van der Waals surface area contributed by atoms with Crippen molar-refractivity contribution in [3.63, 3.8) is 0 Å². The van der Waals surface area contributed by atoms with E-state index in [0.717, 1.165) is 12.1 Å². The van der Waals surface area contributed by atoms with Crippen LogP contribution < -0.4 is 9.88 Å². The van der Waals surface area contributed by atoms with Crippen molar-refractivity contribution in [2.24, 2.45) is 5.14 Å². The molecular weight excluding hydrogens is 324 g/mol. The molecule has 0 aromatic heterocycles. The van der Waals surface area contributed by atoms with Crippen molar-refractivity contribution in [3.05, 3.63) is 58.6 Å². The Labute approximate surface area is 125 Å². The molecule has 0 spiro atoms. The fourth-order valence-corrected chi connectivity index (χ4v) is 2.31. The average molecular weight is 334 g/mol. The maximum atomic E-state index is 13.7. The van der Waals surface area contributed by atoms with E-state index in [1.54, 1.807) is 24.3 Å². The molecule has 21 heavy (non-hydrogen) atoms.